The third-order valence-corrected chi connectivity index (χ3v) is 3.19. The lowest BCUT2D eigenvalue weighted by Crippen LogP contribution is -2.10. The first-order valence-corrected chi connectivity index (χ1v) is 6.78. The molecule has 0 unspecified atom stereocenters. The zero-order valence-corrected chi connectivity index (χ0v) is 12.6. The molecular formula is C17H19ClO. The first kappa shape index (κ1) is 14.0. The Kier molecular flexibility index (Phi) is 3.86. The van der Waals surface area contributed by atoms with Gasteiger partial charge in [-0.15, -0.1) is 0 Å². The summed E-state index contributed by atoms with van der Waals surface area (Å²) in [5, 5.41) is 0.696. The first-order chi connectivity index (χ1) is 8.84. The molecule has 100 valence electrons. The van der Waals surface area contributed by atoms with Gasteiger partial charge in [0.05, 0.1) is 0 Å². The van der Waals surface area contributed by atoms with E-state index in [1.54, 1.807) is 0 Å². The van der Waals surface area contributed by atoms with Crippen LogP contribution in [0.5, 0.6) is 11.5 Å². The topological polar surface area (TPSA) is 9.23 Å². The summed E-state index contributed by atoms with van der Waals surface area (Å²) in [5.74, 6) is 1.60. The lowest BCUT2D eigenvalue weighted by Gasteiger charge is -2.19. The molecule has 1 nitrogen and oxygen atoms in total. The Morgan fingerprint density at radius 3 is 2.05 bits per heavy atom. The predicted octanol–water partition coefficient (Wildman–Crippen LogP) is 5.74. The van der Waals surface area contributed by atoms with Crippen molar-refractivity contribution in [1.29, 1.82) is 0 Å². The van der Waals surface area contributed by atoms with Crippen LogP contribution in [0, 0.1) is 6.92 Å². The smallest absolute Gasteiger partial charge is 0.129 e. The Hall–Kier alpha value is -1.47. The van der Waals surface area contributed by atoms with Gasteiger partial charge in [-0.2, -0.15) is 0 Å². The third-order valence-electron chi connectivity index (χ3n) is 2.97. The zero-order valence-electron chi connectivity index (χ0n) is 11.8. The number of hydrogen-bond donors (Lipinski definition) is 0. The number of benzene rings is 2. The van der Waals surface area contributed by atoms with Crippen molar-refractivity contribution in [3.63, 3.8) is 0 Å². The minimum absolute atomic E-state index is 0.158. The van der Waals surface area contributed by atoms with E-state index >= 15 is 0 Å². The van der Waals surface area contributed by atoms with Crippen molar-refractivity contribution in [3.05, 3.63) is 58.6 Å². The average molecular weight is 275 g/mol. The minimum Gasteiger partial charge on any atom is -0.457 e. The molecule has 0 aliphatic rings. The van der Waals surface area contributed by atoms with Crippen LogP contribution in [-0.4, -0.2) is 0 Å². The molecule has 0 fully saturated rings. The van der Waals surface area contributed by atoms with E-state index in [1.807, 2.05) is 37.3 Å². The molecule has 0 atom stereocenters. The number of ether oxygens (including phenoxy) is 1. The van der Waals surface area contributed by atoms with E-state index in [1.165, 1.54) is 5.56 Å². The highest BCUT2D eigenvalue weighted by molar-refractivity contribution is 6.30. The van der Waals surface area contributed by atoms with Crippen molar-refractivity contribution in [1.82, 2.24) is 0 Å². The molecule has 0 aliphatic heterocycles. The van der Waals surface area contributed by atoms with Gasteiger partial charge in [0.1, 0.15) is 11.5 Å². The molecule has 2 aromatic carbocycles. The Labute approximate surface area is 120 Å². The fourth-order valence-corrected chi connectivity index (χ4v) is 2.20. The van der Waals surface area contributed by atoms with Gasteiger partial charge >= 0.3 is 0 Å². The largest absolute Gasteiger partial charge is 0.457 e. The third kappa shape index (κ3) is 3.74. The molecule has 2 aromatic rings. The predicted molar refractivity (Wildman–Crippen MR) is 81.4 cm³/mol. The summed E-state index contributed by atoms with van der Waals surface area (Å²) < 4.78 is 5.82. The van der Waals surface area contributed by atoms with Gasteiger partial charge in [-0.1, -0.05) is 44.5 Å². The van der Waals surface area contributed by atoms with Crippen molar-refractivity contribution in [2.24, 2.45) is 0 Å². The highest BCUT2D eigenvalue weighted by Crippen LogP contribution is 2.28. The van der Waals surface area contributed by atoms with E-state index in [2.05, 4.69) is 32.9 Å². The Balaban J connectivity index is 2.20. The normalized spacial score (nSPS) is 11.4. The molecule has 0 N–H and O–H groups in total. The summed E-state index contributed by atoms with van der Waals surface area (Å²) in [6.45, 7) is 8.59. The molecule has 0 heterocycles. The molecule has 0 spiro atoms. The molecule has 0 aromatic heterocycles. The number of hydrogen-bond acceptors (Lipinski definition) is 1. The van der Waals surface area contributed by atoms with E-state index in [4.69, 9.17) is 16.3 Å². The molecule has 0 aliphatic carbocycles. The summed E-state index contributed by atoms with van der Waals surface area (Å²) in [5.41, 5.74) is 2.54. The maximum atomic E-state index is 6.02. The van der Waals surface area contributed by atoms with Crippen molar-refractivity contribution < 1.29 is 4.74 Å². The van der Waals surface area contributed by atoms with Crippen molar-refractivity contribution >= 4 is 11.6 Å². The monoisotopic (exact) mass is 274 g/mol. The SMILES string of the molecule is Cc1cc(Cl)cc(Oc2ccc(C(C)(C)C)cc2)c1. The van der Waals surface area contributed by atoms with Crippen LogP contribution in [0.4, 0.5) is 0 Å². The van der Waals surface area contributed by atoms with Gasteiger partial charge in [0.15, 0.2) is 0 Å². The standard InChI is InChI=1S/C17H19ClO/c1-12-9-14(18)11-16(10-12)19-15-7-5-13(6-8-15)17(2,3)4/h5-11H,1-4H3. The second kappa shape index (κ2) is 5.26. The summed E-state index contributed by atoms with van der Waals surface area (Å²) in [6, 6.07) is 13.9. The Morgan fingerprint density at radius 2 is 1.53 bits per heavy atom. The van der Waals surface area contributed by atoms with Crippen LogP contribution in [0.1, 0.15) is 31.9 Å². The van der Waals surface area contributed by atoms with E-state index in [0.29, 0.717) is 5.02 Å². The van der Waals surface area contributed by atoms with Crippen molar-refractivity contribution in [2.75, 3.05) is 0 Å². The highest BCUT2D eigenvalue weighted by atomic mass is 35.5. The van der Waals surface area contributed by atoms with Gasteiger partial charge in [-0.25, -0.2) is 0 Å². The summed E-state index contributed by atoms with van der Waals surface area (Å²) >= 11 is 6.02. The van der Waals surface area contributed by atoms with Crippen LogP contribution in [0.2, 0.25) is 5.02 Å². The van der Waals surface area contributed by atoms with Crippen LogP contribution in [0.3, 0.4) is 0 Å². The Morgan fingerprint density at radius 1 is 0.895 bits per heavy atom. The quantitative estimate of drug-likeness (QED) is 0.679. The van der Waals surface area contributed by atoms with Gasteiger partial charge < -0.3 is 4.74 Å². The average Bonchev–Trinajstić information content (AvgIpc) is 2.26. The highest BCUT2D eigenvalue weighted by Gasteiger charge is 2.13. The Bertz CT molecular complexity index is 545. The fraction of sp³-hybridized carbons (Fsp3) is 0.294. The van der Waals surface area contributed by atoms with Crippen LogP contribution >= 0.6 is 11.6 Å². The molecule has 0 amide bonds. The maximum absolute atomic E-state index is 6.02. The van der Waals surface area contributed by atoms with Crippen molar-refractivity contribution in [2.45, 2.75) is 33.1 Å². The second-order valence-electron chi connectivity index (χ2n) is 5.84. The molecular weight excluding hydrogens is 256 g/mol. The number of aryl methyl sites for hydroxylation is 1. The van der Waals surface area contributed by atoms with Crippen LogP contribution in [-0.2, 0) is 5.41 Å². The lowest BCUT2D eigenvalue weighted by molar-refractivity contribution is 0.481. The van der Waals surface area contributed by atoms with Crippen LogP contribution in [0.25, 0.3) is 0 Å². The minimum atomic E-state index is 0.158. The van der Waals surface area contributed by atoms with E-state index in [9.17, 15) is 0 Å². The van der Waals surface area contributed by atoms with Gasteiger partial charge in [-0.05, 0) is 53.8 Å². The molecule has 0 saturated carbocycles. The molecule has 19 heavy (non-hydrogen) atoms. The number of halogens is 1. The van der Waals surface area contributed by atoms with Crippen molar-refractivity contribution in [3.8, 4) is 11.5 Å². The second-order valence-corrected chi connectivity index (χ2v) is 6.28. The molecule has 2 heteroatoms. The summed E-state index contributed by atoms with van der Waals surface area (Å²) in [4.78, 5) is 0. The van der Waals surface area contributed by atoms with E-state index in [-0.39, 0.29) is 5.41 Å². The van der Waals surface area contributed by atoms with Gasteiger partial charge in [-0.3, -0.25) is 0 Å². The van der Waals surface area contributed by atoms with E-state index in [0.717, 1.165) is 17.1 Å². The van der Waals surface area contributed by atoms with E-state index < -0.39 is 0 Å². The molecule has 0 bridgehead atoms. The van der Waals surface area contributed by atoms with Gasteiger partial charge in [0, 0.05) is 5.02 Å². The van der Waals surface area contributed by atoms with Gasteiger partial charge in [0.25, 0.3) is 0 Å². The maximum Gasteiger partial charge on any atom is 0.129 e. The zero-order chi connectivity index (χ0) is 14.0. The lowest BCUT2D eigenvalue weighted by atomic mass is 9.87. The summed E-state index contributed by atoms with van der Waals surface area (Å²) in [6.07, 6.45) is 0. The van der Waals surface area contributed by atoms with Crippen LogP contribution in [0.15, 0.2) is 42.5 Å². The molecule has 2 rings (SSSR count). The fourth-order valence-electron chi connectivity index (χ4n) is 1.92. The first-order valence-electron chi connectivity index (χ1n) is 6.40. The van der Waals surface area contributed by atoms with Crippen LogP contribution < -0.4 is 4.74 Å². The number of rotatable bonds is 2. The van der Waals surface area contributed by atoms with Gasteiger partial charge in [0.2, 0.25) is 0 Å². The molecule has 0 radical (unpaired) electrons. The molecule has 0 saturated heterocycles. The summed E-state index contributed by atoms with van der Waals surface area (Å²) in [7, 11) is 0.